The highest BCUT2D eigenvalue weighted by atomic mass is 35.5. The summed E-state index contributed by atoms with van der Waals surface area (Å²) in [6.07, 6.45) is 0.628. The smallest absolute Gasteiger partial charge is 0.243 e. The normalized spacial score (nSPS) is 11.6. The molecule has 2 aromatic rings. The number of carbonyl (C=O) groups excluding carboxylic acids is 1. The molecule has 29 heavy (non-hydrogen) atoms. The van der Waals surface area contributed by atoms with Gasteiger partial charge in [0.25, 0.3) is 0 Å². The van der Waals surface area contributed by atoms with E-state index in [1.54, 1.807) is 37.4 Å². The molecular weight excluding hydrogens is 435 g/mol. The lowest BCUT2D eigenvalue weighted by Crippen LogP contribution is -2.40. The Hall–Kier alpha value is -1.64. The van der Waals surface area contributed by atoms with Gasteiger partial charge < -0.3 is 10.1 Å². The largest absolute Gasteiger partial charge is 0.385 e. The molecule has 0 radical (unpaired) electrons. The number of hydrogen-bond acceptors (Lipinski definition) is 4. The molecule has 1 amide bonds. The summed E-state index contributed by atoms with van der Waals surface area (Å²) in [5, 5.41) is 3.38. The summed E-state index contributed by atoms with van der Waals surface area (Å²) in [5.41, 5.74) is 1.37. The van der Waals surface area contributed by atoms with Crippen molar-refractivity contribution in [2.75, 3.05) is 26.8 Å². The van der Waals surface area contributed by atoms with Gasteiger partial charge in [-0.1, -0.05) is 47.0 Å². The quantitative estimate of drug-likeness (QED) is 0.551. The van der Waals surface area contributed by atoms with Crippen LogP contribution in [0.25, 0.3) is 0 Å². The second-order valence-electron chi connectivity index (χ2n) is 6.48. The van der Waals surface area contributed by atoms with E-state index in [4.69, 9.17) is 27.9 Å². The highest BCUT2D eigenvalue weighted by Gasteiger charge is 2.28. The molecular formula is C20H24Cl2N2O4S. The number of hydrogen-bond donors (Lipinski definition) is 1. The zero-order valence-corrected chi connectivity index (χ0v) is 18.6. The number of benzene rings is 2. The first-order valence-electron chi connectivity index (χ1n) is 9.01. The third kappa shape index (κ3) is 6.69. The highest BCUT2D eigenvalue weighted by Crippen LogP contribution is 2.28. The van der Waals surface area contributed by atoms with Gasteiger partial charge in [-0.25, -0.2) is 8.42 Å². The molecule has 1 N–H and O–H groups in total. The zero-order valence-electron chi connectivity index (χ0n) is 16.3. The van der Waals surface area contributed by atoms with Gasteiger partial charge in [0.2, 0.25) is 15.9 Å². The Morgan fingerprint density at radius 2 is 1.72 bits per heavy atom. The third-order valence-corrected chi connectivity index (χ3v) is 6.74. The van der Waals surface area contributed by atoms with Gasteiger partial charge in [-0.05, 0) is 37.6 Å². The number of sulfonamides is 1. The number of amides is 1. The van der Waals surface area contributed by atoms with Crippen molar-refractivity contribution in [3.05, 3.63) is 63.6 Å². The van der Waals surface area contributed by atoms with Crippen LogP contribution in [0.15, 0.2) is 47.4 Å². The van der Waals surface area contributed by atoms with Crippen LogP contribution in [0.1, 0.15) is 17.5 Å². The van der Waals surface area contributed by atoms with E-state index in [1.807, 2.05) is 6.92 Å². The minimum atomic E-state index is -3.95. The fourth-order valence-electron chi connectivity index (χ4n) is 2.61. The third-order valence-electron chi connectivity index (χ3n) is 4.22. The van der Waals surface area contributed by atoms with Crippen LogP contribution in [0.2, 0.25) is 10.0 Å². The van der Waals surface area contributed by atoms with Crippen molar-refractivity contribution in [1.29, 1.82) is 0 Å². The van der Waals surface area contributed by atoms with Crippen molar-refractivity contribution in [3.63, 3.8) is 0 Å². The maximum atomic E-state index is 13.2. The monoisotopic (exact) mass is 458 g/mol. The topological polar surface area (TPSA) is 75.7 Å². The molecule has 2 rings (SSSR count). The molecule has 0 heterocycles. The molecule has 0 fully saturated rings. The van der Waals surface area contributed by atoms with E-state index in [0.29, 0.717) is 35.2 Å². The Kier molecular flexibility index (Phi) is 8.92. The number of ether oxygens (including phenoxy) is 1. The van der Waals surface area contributed by atoms with Crippen molar-refractivity contribution in [2.45, 2.75) is 24.8 Å². The van der Waals surface area contributed by atoms with E-state index in [2.05, 4.69) is 5.32 Å². The number of nitrogens with one attached hydrogen (secondary N) is 1. The predicted molar refractivity (Wildman–Crippen MR) is 115 cm³/mol. The van der Waals surface area contributed by atoms with Gasteiger partial charge in [0.15, 0.2) is 0 Å². The molecule has 0 aliphatic rings. The molecule has 158 valence electrons. The molecule has 0 aromatic heterocycles. The van der Waals surface area contributed by atoms with E-state index in [0.717, 1.165) is 9.87 Å². The lowest BCUT2D eigenvalue weighted by molar-refractivity contribution is -0.121. The SMILES string of the molecule is COCCCNC(=O)CN(Cc1c(Cl)cccc1Cl)S(=O)(=O)c1ccc(C)cc1. The lowest BCUT2D eigenvalue weighted by Gasteiger charge is -2.23. The number of methoxy groups -OCH3 is 1. The summed E-state index contributed by atoms with van der Waals surface area (Å²) in [5.74, 6) is -0.417. The minimum absolute atomic E-state index is 0.0958. The van der Waals surface area contributed by atoms with E-state index >= 15 is 0 Å². The van der Waals surface area contributed by atoms with Crippen LogP contribution >= 0.6 is 23.2 Å². The van der Waals surface area contributed by atoms with Gasteiger partial charge in [-0.2, -0.15) is 4.31 Å². The maximum Gasteiger partial charge on any atom is 0.243 e. The van der Waals surface area contributed by atoms with Crippen LogP contribution in [0.4, 0.5) is 0 Å². The molecule has 6 nitrogen and oxygen atoms in total. The van der Waals surface area contributed by atoms with Crippen LogP contribution in [-0.2, 0) is 26.1 Å². The molecule has 0 aliphatic carbocycles. The Bertz CT molecular complexity index is 914. The number of carbonyl (C=O) groups is 1. The molecule has 0 spiro atoms. The number of nitrogens with zero attached hydrogens (tertiary/aromatic N) is 1. The number of halogens is 2. The zero-order chi connectivity index (χ0) is 21.4. The van der Waals surface area contributed by atoms with Crippen molar-refractivity contribution >= 4 is 39.1 Å². The second kappa shape index (κ2) is 10.9. The molecule has 0 saturated heterocycles. The molecule has 0 bridgehead atoms. The average molecular weight is 459 g/mol. The fourth-order valence-corrected chi connectivity index (χ4v) is 4.49. The van der Waals surface area contributed by atoms with Crippen LogP contribution in [-0.4, -0.2) is 45.4 Å². The van der Waals surface area contributed by atoms with Crippen LogP contribution < -0.4 is 5.32 Å². The highest BCUT2D eigenvalue weighted by molar-refractivity contribution is 7.89. The standard InChI is InChI=1S/C20H24Cl2N2O4S/c1-15-7-9-16(10-8-15)29(26,27)24(14-20(25)23-11-4-12-28-2)13-17-18(21)5-3-6-19(17)22/h3,5-10H,4,11-14H2,1-2H3,(H,23,25). The summed E-state index contributed by atoms with van der Waals surface area (Å²) < 4.78 is 32.5. The number of aryl methyl sites for hydroxylation is 1. The molecule has 2 aromatic carbocycles. The first-order valence-corrected chi connectivity index (χ1v) is 11.2. The fraction of sp³-hybridized carbons (Fsp3) is 0.350. The molecule has 0 atom stereocenters. The summed E-state index contributed by atoms with van der Waals surface area (Å²) in [7, 11) is -2.37. The van der Waals surface area contributed by atoms with Crippen LogP contribution in [0.5, 0.6) is 0 Å². The van der Waals surface area contributed by atoms with Gasteiger partial charge in [-0.15, -0.1) is 0 Å². The summed E-state index contributed by atoms with van der Waals surface area (Å²) in [6, 6.07) is 11.4. The van der Waals surface area contributed by atoms with Crippen LogP contribution in [0, 0.1) is 6.92 Å². The van der Waals surface area contributed by atoms with Crippen molar-refractivity contribution in [2.24, 2.45) is 0 Å². The van der Waals surface area contributed by atoms with Crippen molar-refractivity contribution < 1.29 is 17.9 Å². The first kappa shape index (κ1) is 23.6. The second-order valence-corrected chi connectivity index (χ2v) is 9.24. The summed E-state index contributed by atoms with van der Waals surface area (Å²) in [6.45, 7) is 2.27. The van der Waals surface area contributed by atoms with E-state index < -0.39 is 15.9 Å². The summed E-state index contributed by atoms with van der Waals surface area (Å²) in [4.78, 5) is 12.5. The minimum Gasteiger partial charge on any atom is -0.385 e. The van der Waals surface area contributed by atoms with Crippen LogP contribution in [0.3, 0.4) is 0 Å². The van der Waals surface area contributed by atoms with E-state index in [1.165, 1.54) is 12.1 Å². The Morgan fingerprint density at radius 3 is 2.31 bits per heavy atom. The Labute approximate surface area is 181 Å². The number of rotatable bonds is 10. The van der Waals surface area contributed by atoms with Crippen molar-refractivity contribution in [1.82, 2.24) is 9.62 Å². The molecule has 0 aliphatic heterocycles. The molecule has 9 heteroatoms. The van der Waals surface area contributed by atoms with E-state index in [-0.39, 0.29) is 18.0 Å². The predicted octanol–water partition coefficient (Wildman–Crippen LogP) is 3.65. The van der Waals surface area contributed by atoms with Gasteiger partial charge in [-0.3, -0.25) is 4.79 Å². The van der Waals surface area contributed by atoms with Gasteiger partial charge in [0.05, 0.1) is 11.4 Å². The average Bonchev–Trinajstić information content (AvgIpc) is 2.67. The Morgan fingerprint density at radius 1 is 1.10 bits per heavy atom. The lowest BCUT2D eigenvalue weighted by atomic mass is 10.2. The maximum absolute atomic E-state index is 13.2. The summed E-state index contributed by atoms with van der Waals surface area (Å²) >= 11 is 12.5. The Balaban J connectivity index is 2.29. The molecule has 0 unspecified atom stereocenters. The molecule has 0 saturated carbocycles. The van der Waals surface area contributed by atoms with E-state index in [9.17, 15) is 13.2 Å². The first-order chi connectivity index (χ1) is 13.8. The van der Waals surface area contributed by atoms with Gasteiger partial charge >= 0.3 is 0 Å². The van der Waals surface area contributed by atoms with Crippen molar-refractivity contribution in [3.8, 4) is 0 Å². The van der Waals surface area contributed by atoms with Gasteiger partial charge in [0.1, 0.15) is 0 Å². The van der Waals surface area contributed by atoms with Gasteiger partial charge in [0, 0.05) is 42.4 Å².